The van der Waals surface area contributed by atoms with E-state index in [0.717, 1.165) is 42.1 Å². The van der Waals surface area contributed by atoms with Crippen LogP contribution in [0, 0.1) is 24.0 Å². The number of rotatable bonds is 7. The number of thiocarbonyl (C=S) groups is 1. The largest absolute Gasteiger partial charge is 0.495 e. The Hall–Kier alpha value is -3.50. The average Bonchev–Trinajstić information content (AvgIpc) is 3.58. The van der Waals surface area contributed by atoms with E-state index in [4.69, 9.17) is 21.7 Å². The molecule has 188 valence electrons. The van der Waals surface area contributed by atoms with Crippen LogP contribution in [0.15, 0.2) is 48.7 Å². The molecule has 3 atom stereocenters. The van der Waals surface area contributed by atoms with E-state index in [9.17, 15) is 10.1 Å². The second kappa shape index (κ2) is 9.87. The lowest BCUT2D eigenvalue weighted by Gasteiger charge is -2.30. The molecule has 0 unspecified atom stereocenters. The molecule has 1 aromatic carbocycles. The number of non-ortho nitro benzene ring substituents is 1. The molecule has 9 nitrogen and oxygen atoms in total. The van der Waals surface area contributed by atoms with Crippen molar-refractivity contribution < 1.29 is 14.4 Å². The first kappa shape index (κ1) is 24.2. The number of nitro groups is 1. The van der Waals surface area contributed by atoms with E-state index in [1.54, 1.807) is 25.4 Å². The molecule has 0 radical (unpaired) electrons. The van der Waals surface area contributed by atoms with Gasteiger partial charge in [-0.3, -0.25) is 15.1 Å². The normalized spacial score (nSPS) is 21.6. The van der Waals surface area contributed by atoms with Gasteiger partial charge in [0, 0.05) is 42.9 Å². The average molecular weight is 508 g/mol. The number of nitrogens with zero attached hydrogens (tertiary/aromatic N) is 4. The van der Waals surface area contributed by atoms with Crippen molar-refractivity contribution in [3.05, 3.63) is 81.4 Å². The number of methoxy groups -OCH3 is 1. The molecule has 10 heteroatoms. The Labute approximate surface area is 215 Å². The second-order valence-electron chi connectivity index (χ2n) is 9.19. The maximum atomic E-state index is 11.5. The van der Waals surface area contributed by atoms with Crippen molar-refractivity contribution in [3.8, 4) is 11.4 Å². The summed E-state index contributed by atoms with van der Waals surface area (Å²) in [5, 5.41) is 15.7. The Morgan fingerprint density at radius 2 is 2.11 bits per heavy atom. The Morgan fingerprint density at radius 3 is 2.78 bits per heavy atom. The molecule has 1 N–H and O–H groups in total. The highest BCUT2D eigenvalue weighted by Gasteiger charge is 2.42. The van der Waals surface area contributed by atoms with Gasteiger partial charge in [0.25, 0.3) is 5.69 Å². The van der Waals surface area contributed by atoms with Crippen LogP contribution < -0.4 is 10.1 Å². The Bertz CT molecular complexity index is 1290. The minimum atomic E-state index is -0.391. The molecule has 2 aliphatic rings. The lowest BCUT2D eigenvalue weighted by atomic mass is 9.96. The molecule has 2 aliphatic heterocycles. The highest BCUT2D eigenvalue weighted by molar-refractivity contribution is 7.80. The number of benzene rings is 1. The third-order valence-electron chi connectivity index (χ3n) is 7.03. The van der Waals surface area contributed by atoms with Crippen molar-refractivity contribution in [2.24, 2.45) is 0 Å². The topological polar surface area (TPSA) is 94.7 Å². The summed E-state index contributed by atoms with van der Waals surface area (Å²) in [6.45, 7) is 5.48. The van der Waals surface area contributed by atoms with Crippen molar-refractivity contribution in [3.63, 3.8) is 0 Å². The van der Waals surface area contributed by atoms with Crippen LogP contribution >= 0.6 is 12.2 Å². The van der Waals surface area contributed by atoms with Crippen LogP contribution in [0.25, 0.3) is 5.69 Å². The van der Waals surface area contributed by atoms with Crippen molar-refractivity contribution in [1.82, 2.24) is 19.8 Å². The lowest BCUT2D eigenvalue weighted by molar-refractivity contribution is -0.384. The van der Waals surface area contributed by atoms with Gasteiger partial charge in [-0.1, -0.05) is 6.07 Å². The van der Waals surface area contributed by atoms with Crippen LogP contribution in [0.5, 0.6) is 5.75 Å². The number of nitro benzene ring substituents is 1. The summed E-state index contributed by atoms with van der Waals surface area (Å²) >= 11 is 5.82. The van der Waals surface area contributed by atoms with Crippen molar-refractivity contribution >= 4 is 23.0 Å². The van der Waals surface area contributed by atoms with Crippen LogP contribution in [-0.4, -0.2) is 50.9 Å². The molecule has 5 rings (SSSR count). The van der Waals surface area contributed by atoms with Gasteiger partial charge in [-0.25, -0.2) is 0 Å². The molecule has 0 amide bonds. The zero-order valence-electron chi connectivity index (χ0n) is 20.5. The van der Waals surface area contributed by atoms with Crippen molar-refractivity contribution in [1.29, 1.82) is 0 Å². The van der Waals surface area contributed by atoms with Crippen LogP contribution in [0.1, 0.15) is 47.6 Å². The number of aryl methyl sites for hydroxylation is 1. The van der Waals surface area contributed by atoms with E-state index in [1.807, 2.05) is 36.6 Å². The minimum Gasteiger partial charge on any atom is -0.495 e. The Kier molecular flexibility index (Phi) is 6.63. The van der Waals surface area contributed by atoms with Crippen molar-refractivity contribution in [2.75, 3.05) is 20.3 Å². The summed E-state index contributed by atoms with van der Waals surface area (Å²) < 4.78 is 13.6. The molecular formula is C26H29N5O4S. The fourth-order valence-corrected chi connectivity index (χ4v) is 5.69. The number of ether oxygens (including phenoxy) is 2. The zero-order valence-corrected chi connectivity index (χ0v) is 21.3. The molecule has 0 aliphatic carbocycles. The summed E-state index contributed by atoms with van der Waals surface area (Å²) in [4.78, 5) is 18.0. The molecule has 0 spiro atoms. The maximum Gasteiger partial charge on any atom is 0.271 e. The summed E-state index contributed by atoms with van der Waals surface area (Å²) in [7, 11) is 1.57. The SMILES string of the molecule is COc1ccc([N+](=O)[O-])cc1-n1c(C)cc([C@@H]2[C@@H](c3ccccn3)NC(=S)N2C[C@@H]2CCCO2)c1C. The smallest absolute Gasteiger partial charge is 0.271 e. The molecule has 2 fully saturated rings. The van der Waals surface area contributed by atoms with Gasteiger partial charge in [-0.05, 0) is 68.7 Å². The fraction of sp³-hybridized carbons (Fsp3) is 0.385. The fourth-order valence-electron chi connectivity index (χ4n) is 5.37. The zero-order chi connectivity index (χ0) is 25.4. The van der Waals surface area contributed by atoms with E-state index in [0.29, 0.717) is 23.1 Å². The summed E-state index contributed by atoms with van der Waals surface area (Å²) in [5.74, 6) is 0.562. The molecule has 3 aromatic rings. The number of hydrogen-bond donors (Lipinski definition) is 1. The summed E-state index contributed by atoms with van der Waals surface area (Å²) in [6.07, 6.45) is 3.96. The predicted molar refractivity (Wildman–Crippen MR) is 140 cm³/mol. The highest BCUT2D eigenvalue weighted by atomic mass is 32.1. The van der Waals surface area contributed by atoms with Gasteiger partial charge in [0.2, 0.25) is 0 Å². The lowest BCUT2D eigenvalue weighted by Crippen LogP contribution is -2.36. The summed E-state index contributed by atoms with van der Waals surface area (Å²) in [6, 6.07) is 12.4. The number of aromatic nitrogens is 2. The van der Waals surface area contributed by atoms with Gasteiger partial charge < -0.3 is 24.3 Å². The van der Waals surface area contributed by atoms with Crippen LogP contribution in [0.2, 0.25) is 0 Å². The quantitative estimate of drug-likeness (QED) is 0.283. The minimum absolute atomic E-state index is 0.00920. The highest BCUT2D eigenvalue weighted by Crippen LogP contribution is 2.42. The first-order chi connectivity index (χ1) is 17.4. The Balaban J connectivity index is 1.63. The molecule has 0 bridgehead atoms. The van der Waals surface area contributed by atoms with Crippen LogP contribution in [0.4, 0.5) is 5.69 Å². The molecule has 2 saturated heterocycles. The predicted octanol–water partition coefficient (Wildman–Crippen LogP) is 4.56. The van der Waals surface area contributed by atoms with Gasteiger partial charge in [0.1, 0.15) is 5.75 Å². The van der Waals surface area contributed by atoms with E-state index in [-0.39, 0.29) is 23.9 Å². The van der Waals surface area contributed by atoms with E-state index in [2.05, 4.69) is 21.3 Å². The van der Waals surface area contributed by atoms with Crippen LogP contribution in [-0.2, 0) is 4.74 Å². The van der Waals surface area contributed by atoms with Crippen LogP contribution in [0.3, 0.4) is 0 Å². The standard InChI is InChI=1S/C26H29N5O4S/c1-16-13-20(17(2)30(16)22-14-18(31(32)33)9-10-23(22)34-3)25-24(21-8-4-5-11-27-21)28-26(36)29(25)15-19-7-6-12-35-19/h4-5,8-11,13-14,19,24-25H,6-7,12,15H2,1-3H3,(H,28,36)/t19-,24+,25+/m0/s1. The molecule has 0 saturated carbocycles. The van der Waals surface area contributed by atoms with Gasteiger partial charge in [0.05, 0.1) is 41.6 Å². The molecule has 4 heterocycles. The maximum absolute atomic E-state index is 11.5. The van der Waals surface area contributed by atoms with Gasteiger partial charge in [-0.2, -0.15) is 0 Å². The number of pyridine rings is 1. The Morgan fingerprint density at radius 1 is 1.28 bits per heavy atom. The van der Waals surface area contributed by atoms with Gasteiger partial charge >= 0.3 is 0 Å². The monoisotopic (exact) mass is 507 g/mol. The third-order valence-corrected chi connectivity index (χ3v) is 7.38. The van der Waals surface area contributed by atoms with E-state index < -0.39 is 4.92 Å². The van der Waals surface area contributed by atoms with Gasteiger partial charge in [0.15, 0.2) is 5.11 Å². The number of hydrogen-bond acceptors (Lipinski definition) is 6. The molecule has 36 heavy (non-hydrogen) atoms. The second-order valence-corrected chi connectivity index (χ2v) is 9.58. The number of nitrogens with one attached hydrogen (secondary N) is 1. The first-order valence-electron chi connectivity index (χ1n) is 12.0. The van der Waals surface area contributed by atoms with Crippen molar-refractivity contribution in [2.45, 2.75) is 44.9 Å². The third kappa shape index (κ3) is 4.31. The molecule has 2 aromatic heterocycles. The van der Waals surface area contributed by atoms with E-state index in [1.165, 1.54) is 6.07 Å². The molecular weight excluding hydrogens is 478 g/mol. The van der Waals surface area contributed by atoms with E-state index >= 15 is 0 Å². The summed E-state index contributed by atoms with van der Waals surface area (Å²) in [5.41, 5.74) is 4.51. The van der Waals surface area contributed by atoms with Gasteiger partial charge in [-0.15, -0.1) is 0 Å². The first-order valence-corrected chi connectivity index (χ1v) is 12.4.